The Morgan fingerprint density at radius 1 is 0.408 bits per heavy atom. The number of hydrogen-bond acceptors (Lipinski definition) is 8. The molecule has 0 fully saturated rings. The van der Waals surface area contributed by atoms with E-state index in [4.69, 9.17) is 9.47 Å². The van der Waals surface area contributed by atoms with Gasteiger partial charge in [-0.1, -0.05) is 92.8 Å². The van der Waals surface area contributed by atoms with Gasteiger partial charge in [0.15, 0.2) is 0 Å². The third-order valence-electron chi connectivity index (χ3n) is 15.2. The zero-order chi connectivity index (χ0) is 54.3. The normalized spacial score (nSPS) is 13.4. The minimum Gasteiger partial charge on any atom is -0.423 e. The van der Waals surface area contributed by atoms with Gasteiger partial charge in [0.2, 0.25) is 0 Å². The van der Waals surface area contributed by atoms with Crippen LogP contribution in [0.2, 0.25) is 0 Å². The number of esters is 2. The molecule has 0 aliphatic carbocycles. The fourth-order valence-corrected chi connectivity index (χ4v) is 11.1. The summed E-state index contributed by atoms with van der Waals surface area (Å²) in [6.07, 6.45) is 3.77. The van der Waals surface area contributed by atoms with E-state index in [9.17, 15) is 28.8 Å². The lowest BCUT2D eigenvalue weighted by molar-refractivity contribution is -0.129. The Hall–Kier alpha value is -8.50. The molecule has 0 N–H and O–H groups in total. The summed E-state index contributed by atoms with van der Waals surface area (Å²) in [4.78, 5) is 84.7. The number of benzene rings is 8. The predicted molar refractivity (Wildman–Crippen MR) is 303 cm³/mol. The van der Waals surface area contributed by atoms with Gasteiger partial charge in [-0.2, -0.15) is 0 Å². The van der Waals surface area contributed by atoms with Gasteiger partial charge < -0.3 is 9.47 Å². The van der Waals surface area contributed by atoms with Gasteiger partial charge in [0.05, 0.1) is 33.6 Å². The van der Waals surface area contributed by atoms with Crippen molar-refractivity contribution in [2.75, 3.05) is 9.80 Å². The maximum Gasteiger partial charge on any atom is 0.335 e. The molecule has 0 bridgehead atoms. The topological polar surface area (TPSA) is 127 Å². The van der Waals surface area contributed by atoms with Crippen LogP contribution in [0, 0.1) is 13.8 Å². The molecule has 2 aliphatic heterocycles. The Bertz CT molecular complexity index is 3620. The quantitative estimate of drug-likeness (QED) is 0.0367. The Labute approximate surface area is 442 Å². The molecule has 10 heteroatoms. The fraction of sp³-hybridized carbons (Fsp3) is 0.242. The second kappa shape index (κ2) is 19.3. The average Bonchev–Trinajstić information content (AvgIpc) is 3.79. The number of carbonyl (C=O) groups excluding carboxylic acids is 6. The lowest BCUT2D eigenvalue weighted by atomic mass is 9.91. The number of anilines is 2. The molecule has 8 aromatic carbocycles. The van der Waals surface area contributed by atoms with E-state index in [1.807, 2.05) is 79.7 Å². The number of carbonyl (C=O) groups is 6. The van der Waals surface area contributed by atoms with Crippen molar-refractivity contribution >= 4 is 90.0 Å². The van der Waals surface area contributed by atoms with Crippen molar-refractivity contribution < 1.29 is 38.2 Å². The summed E-state index contributed by atoms with van der Waals surface area (Å²) in [6.45, 7) is 27.1. The minimum atomic E-state index is -0.591. The van der Waals surface area contributed by atoms with Crippen LogP contribution >= 0.6 is 0 Å². The van der Waals surface area contributed by atoms with Crippen LogP contribution in [-0.2, 0) is 22.4 Å². The van der Waals surface area contributed by atoms with Gasteiger partial charge in [-0.25, -0.2) is 19.4 Å². The highest BCUT2D eigenvalue weighted by Crippen LogP contribution is 2.45. The Morgan fingerprint density at radius 2 is 0.658 bits per heavy atom. The smallest absolute Gasteiger partial charge is 0.335 e. The number of imide groups is 2. The first kappa shape index (κ1) is 51.0. The average molecular weight is 1010 g/mol. The summed E-state index contributed by atoms with van der Waals surface area (Å²) in [5.74, 6) is -2.47. The number of hydrogen-bond donors (Lipinski definition) is 0. The summed E-state index contributed by atoms with van der Waals surface area (Å²) in [5, 5.41) is 7.56. The molecule has 0 saturated heterocycles. The van der Waals surface area contributed by atoms with E-state index in [1.54, 1.807) is 24.3 Å². The molecule has 8 aromatic rings. The summed E-state index contributed by atoms with van der Waals surface area (Å²) in [6, 6.07) is 31.5. The van der Waals surface area contributed by atoms with Gasteiger partial charge in [0.25, 0.3) is 23.6 Å². The lowest BCUT2D eigenvalue weighted by Gasteiger charge is -2.26. The molecule has 382 valence electrons. The largest absolute Gasteiger partial charge is 0.423 e. The molecule has 0 atom stereocenters. The first-order chi connectivity index (χ1) is 36.1. The monoisotopic (exact) mass is 1010 g/mol. The van der Waals surface area contributed by atoms with E-state index in [0.29, 0.717) is 45.1 Å². The van der Waals surface area contributed by atoms with E-state index in [0.717, 1.165) is 101 Å². The number of nitrogens with zero attached hydrogens (tertiary/aromatic N) is 2. The number of ether oxygens (including phenoxy) is 2. The number of rotatable bonds is 13. The first-order valence-electron chi connectivity index (χ1n) is 26.0. The van der Waals surface area contributed by atoms with E-state index in [1.165, 1.54) is 20.9 Å². The number of aryl methyl sites for hydroxylation is 4. The van der Waals surface area contributed by atoms with Crippen molar-refractivity contribution in [3.63, 3.8) is 0 Å². The molecule has 2 heterocycles. The maximum atomic E-state index is 14.5. The Morgan fingerprint density at radius 3 is 0.908 bits per heavy atom. The maximum absolute atomic E-state index is 14.5. The van der Waals surface area contributed by atoms with Crippen LogP contribution in [0.15, 0.2) is 122 Å². The van der Waals surface area contributed by atoms with Gasteiger partial charge >= 0.3 is 11.9 Å². The van der Waals surface area contributed by atoms with Crippen molar-refractivity contribution in [1.82, 2.24) is 0 Å². The van der Waals surface area contributed by atoms with Crippen molar-refractivity contribution in [1.29, 1.82) is 0 Å². The summed E-state index contributed by atoms with van der Waals surface area (Å²) in [5.41, 5.74) is 10.0. The highest BCUT2D eigenvalue weighted by Gasteiger charge is 2.42. The van der Waals surface area contributed by atoms with Crippen LogP contribution in [0.4, 0.5) is 11.4 Å². The Balaban J connectivity index is 0.937. The molecule has 0 unspecified atom stereocenters. The van der Waals surface area contributed by atoms with Gasteiger partial charge in [-0.15, -0.1) is 0 Å². The van der Waals surface area contributed by atoms with Crippen LogP contribution in [0.5, 0.6) is 11.5 Å². The van der Waals surface area contributed by atoms with Gasteiger partial charge in [-0.05, 0) is 211 Å². The van der Waals surface area contributed by atoms with Crippen LogP contribution in [-0.4, -0.2) is 35.6 Å². The van der Waals surface area contributed by atoms with Crippen LogP contribution < -0.4 is 19.3 Å². The fourth-order valence-electron chi connectivity index (χ4n) is 11.1. The van der Waals surface area contributed by atoms with Crippen molar-refractivity contribution in [3.8, 4) is 11.5 Å². The van der Waals surface area contributed by atoms with Crippen LogP contribution in [0.3, 0.4) is 0 Å². The highest BCUT2D eigenvalue weighted by molar-refractivity contribution is 6.37. The van der Waals surface area contributed by atoms with Crippen LogP contribution in [0.1, 0.15) is 165 Å². The SMILES string of the molecule is C=CC(=O)Oc1cc(C(C)C)c(N2C(=O)c3cc4cc5cc(C)c(CCc6cc7cc8cc9c(cc8cc7cc6C)C(=O)N(c6c(C(C)C)cc(OC(=O)C=C)cc6C(C)C)C9=O)cc5cc4cc3C2=O)c(C(C)C)c1. The van der Waals surface area contributed by atoms with Gasteiger partial charge in [-0.3, -0.25) is 19.2 Å². The third kappa shape index (κ3) is 8.75. The molecule has 0 saturated carbocycles. The first-order valence-corrected chi connectivity index (χ1v) is 26.0. The van der Waals surface area contributed by atoms with E-state index in [-0.39, 0.29) is 35.5 Å². The van der Waals surface area contributed by atoms with Crippen molar-refractivity contribution in [3.05, 3.63) is 189 Å². The zero-order valence-electron chi connectivity index (χ0n) is 44.7. The minimum absolute atomic E-state index is 0.100. The molecule has 2 aliphatic rings. The molecule has 0 spiro atoms. The molecule has 0 aromatic heterocycles. The second-order valence-corrected chi connectivity index (χ2v) is 21.6. The molecular weight excluding hydrogens is 949 g/mol. The van der Waals surface area contributed by atoms with E-state index >= 15 is 0 Å². The van der Waals surface area contributed by atoms with Crippen molar-refractivity contribution in [2.45, 2.75) is 106 Å². The Kier molecular flexibility index (Phi) is 13.0. The molecular formula is C66H60N2O8. The third-order valence-corrected chi connectivity index (χ3v) is 15.2. The summed E-state index contributed by atoms with van der Waals surface area (Å²) >= 11 is 0. The molecule has 10 nitrogen and oxygen atoms in total. The molecule has 0 radical (unpaired) electrons. The second-order valence-electron chi connectivity index (χ2n) is 21.6. The van der Waals surface area contributed by atoms with Crippen LogP contribution in [0.25, 0.3) is 43.1 Å². The summed E-state index contributed by atoms with van der Waals surface area (Å²) in [7, 11) is 0. The highest BCUT2D eigenvalue weighted by atomic mass is 16.5. The lowest BCUT2D eigenvalue weighted by Crippen LogP contribution is -2.32. The molecule has 10 rings (SSSR count). The predicted octanol–water partition coefficient (Wildman–Crippen LogP) is 15.0. The number of amides is 4. The zero-order valence-corrected chi connectivity index (χ0v) is 44.7. The van der Waals surface area contributed by atoms with Crippen molar-refractivity contribution in [2.24, 2.45) is 0 Å². The standard InChI is InChI=1S/C66H60N2O8/c1-13-59(69)75-49-29-51(33(3)4)61(52(30-49)34(5)6)67-63(71)55-25-45-21-41-17-37(11)39(19-43(41)23-47(45)27-57(55)65(67)73)15-16-40-20-44-24-48-28-58-56(26-46(48)22-42(44)18-38(40)12)64(72)68(66(58)74)62-53(35(7)8)31-50(76-60(70)14-2)32-54(62)36(9)10/h13-14,17-36H,1-2,15-16H2,3-12H3. The van der Waals surface area contributed by atoms with E-state index < -0.39 is 23.8 Å². The van der Waals surface area contributed by atoms with E-state index in [2.05, 4.69) is 75.5 Å². The molecule has 76 heavy (non-hydrogen) atoms. The number of fused-ring (bicyclic) bond motifs is 6. The van der Waals surface area contributed by atoms with Gasteiger partial charge in [0, 0.05) is 12.2 Å². The van der Waals surface area contributed by atoms with Gasteiger partial charge in [0.1, 0.15) is 11.5 Å². The molecule has 4 amide bonds. The summed E-state index contributed by atoms with van der Waals surface area (Å²) < 4.78 is 11.1.